The molecule has 2 aromatic carbocycles. The van der Waals surface area contributed by atoms with Crippen molar-refractivity contribution in [2.24, 2.45) is 0 Å². The lowest BCUT2D eigenvalue weighted by Gasteiger charge is -2.21. The smallest absolute Gasteiger partial charge is 0.331 e. The van der Waals surface area contributed by atoms with Gasteiger partial charge in [-0.05, 0) is 32.0 Å². The fourth-order valence-electron chi connectivity index (χ4n) is 4.10. The van der Waals surface area contributed by atoms with Crippen molar-refractivity contribution >= 4 is 11.3 Å². The summed E-state index contributed by atoms with van der Waals surface area (Å²) < 4.78 is 51.4. The molecule has 0 saturated carbocycles. The number of aromatic nitrogens is 3. The van der Waals surface area contributed by atoms with Crippen molar-refractivity contribution < 1.29 is 17.9 Å². The van der Waals surface area contributed by atoms with E-state index in [0.29, 0.717) is 6.54 Å². The van der Waals surface area contributed by atoms with E-state index in [1.54, 1.807) is 13.1 Å². The Kier molecular flexibility index (Phi) is 7.94. The normalized spacial score (nSPS) is 12.1. The Morgan fingerprint density at radius 1 is 1.08 bits per heavy atom. The lowest BCUT2D eigenvalue weighted by Crippen LogP contribution is -2.46. The summed E-state index contributed by atoms with van der Waals surface area (Å²) in [4.78, 5) is 31.3. The molecule has 1 atom stereocenters. The Morgan fingerprint density at radius 2 is 1.78 bits per heavy atom. The van der Waals surface area contributed by atoms with Crippen LogP contribution in [-0.4, -0.2) is 27.3 Å². The van der Waals surface area contributed by atoms with Gasteiger partial charge in [0, 0.05) is 47.5 Å². The predicted octanol–water partition coefficient (Wildman–Crippen LogP) is 4.09. The molecule has 0 saturated heterocycles. The van der Waals surface area contributed by atoms with E-state index in [4.69, 9.17) is 4.74 Å². The summed E-state index contributed by atoms with van der Waals surface area (Å²) in [7, 11) is 1.30. The quantitative estimate of drug-likeness (QED) is 0.353. The first-order valence-electron chi connectivity index (χ1n) is 11.4. The number of rotatable bonds is 9. The van der Waals surface area contributed by atoms with Crippen molar-refractivity contribution in [3.8, 4) is 16.9 Å². The number of methoxy groups -OCH3 is 1. The summed E-state index contributed by atoms with van der Waals surface area (Å²) in [6.07, 6.45) is 1.67. The van der Waals surface area contributed by atoms with Crippen molar-refractivity contribution in [3.63, 3.8) is 0 Å². The molecule has 11 heteroatoms. The summed E-state index contributed by atoms with van der Waals surface area (Å²) in [6.45, 7) is 3.10. The molecule has 1 N–H and O–H groups in total. The molecular formula is C26H25F3N4O3S. The van der Waals surface area contributed by atoms with Crippen molar-refractivity contribution in [1.29, 1.82) is 0 Å². The molecule has 0 aliphatic carbocycles. The highest BCUT2D eigenvalue weighted by atomic mass is 32.1. The zero-order valence-corrected chi connectivity index (χ0v) is 21.2. The topological polar surface area (TPSA) is 78.2 Å². The lowest BCUT2D eigenvalue weighted by molar-refractivity contribution is 0.387. The maximum atomic E-state index is 15.3. The lowest BCUT2D eigenvalue weighted by atomic mass is 10.0. The molecule has 0 radical (unpaired) electrons. The zero-order chi connectivity index (χ0) is 26.7. The number of hydrogen-bond donors (Lipinski definition) is 1. The van der Waals surface area contributed by atoms with Crippen LogP contribution in [0.5, 0.6) is 5.75 Å². The molecule has 4 rings (SSSR count). The van der Waals surface area contributed by atoms with Crippen molar-refractivity contribution in [3.05, 3.63) is 103 Å². The van der Waals surface area contributed by atoms with Crippen LogP contribution in [-0.2, 0) is 19.6 Å². The molecule has 194 valence electrons. The van der Waals surface area contributed by atoms with Crippen LogP contribution in [0.3, 0.4) is 0 Å². The Bertz CT molecular complexity index is 1510. The molecule has 0 aliphatic heterocycles. The number of nitrogens with zero attached hydrogens (tertiary/aromatic N) is 3. The molecule has 0 amide bonds. The van der Waals surface area contributed by atoms with Crippen LogP contribution in [0.25, 0.3) is 11.1 Å². The van der Waals surface area contributed by atoms with Gasteiger partial charge < -0.3 is 10.1 Å². The summed E-state index contributed by atoms with van der Waals surface area (Å²) in [5.41, 5.74) is -1.93. The predicted molar refractivity (Wildman–Crippen MR) is 136 cm³/mol. The van der Waals surface area contributed by atoms with E-state index in [9.17, 15) is 18.4 Å². The highest BCUT2D eigenvalue weighted by molar-refractivity contribution is 7.09. The second-order valence-electron chi connectivity index (χ2n) is 8.47. The standard InChI is InChI=1S/C26H25F3N4O3S/c1-15(31-12-22-30-10-11-37-22)13-33-25(34)23(17-6-4-9-21(36-3)24(17)29)16(2)32(26(33)35)14-18-19(27)7-5-8-20(18)28/h4-11,15,31H,12-14H2,1-3H3/t15-/m1/s1. The van der Waals surface area contributed by atoms with Crippen molar-refractivity contribution in [2.45, 2.75) is 39.5 Å². The fraction of sp³-hybridized carbons (Fsp3) is 0.269. The molecule has 0 fully saturated rings. The molecule has 2 heterocycles. The first-order valence-corrected chi connectivity index (χ1v) is 12.3. The van der Waals surface area contributed by atoms with Gasteiger partial charge in [0.25, 0.3) is 5.56 Å². The minimum Gasteiger partial charge on any atom is -0.494 e. The van der Waals surface area contributed by atoms with E-state index in [-0.39, 0.29) is 40.7 Å². The van der Waals surface area contributed by atoms with Gasteiger partial charge in [-0.1, -0.05) is 18.2 Å². The zero-order valence-electron chi connectivity index (χ0n) is 20.4. The number of thiazole rings is 1. The van der Waals surface area contributed by atoms with Crippen LogP contribution in [0, 0.1) is 24.4 Å². The van der Waals surface area contributed by atoms with E-state index in [1.807, 2.05) is 5.38 Å². The number of hydrogen-bond acceptors (Lipinski definition) is 6. The van der Waals surface area contributed by atoms with E-state index in [1.165, 1.54) is 49.6 Å². The van der Waals surface area contributed by atoms with Crippen molar-refractivity contribution in [2.75, 3.05) is 7.11 Å². The third-order valence-corrected chi connectivity index (χ3v) is 6.84. The summed E-state index contributed by atoms with van der Waals surface area (Å²) >= 11 is 1.46. The van der Waals surface area contributed by atoms with Gasteiger partial charge in [0.15, 0.2) is 11.6 Å². The van der Waals surface area contributed by atoms with Gasteiger partial charge in [0.05, 0.1) is 19.2 Å². The van der Waals surface area contributed by atoms with Crippen LogP contribution in [0.15, 0.2) is 57.6 Å². The van der Waals surface area contributed by atoms with E-state index >= 15 is 4.39 Å². The Morgan fingerprint density at radius 3 is 2.43 bits per heavy atom. The first-order chi connectivity index (χ1) is 17.7. The largest absolute Gasteiger partial charge is 0.494 e. The fourth-order valence-corrected chi connectivity index (χ4v) is 4.67. The third kappa shape index (κ3) is 5.37. The second-order valence-corrected chi connectivity index (χ2v) is 9.45. The molecule has 0 bridgehead atoms. The van der Waals surface area contributed by atoms with E-state index < -0.39 is 35.2 Å². The Hall–Kier alpha value is -3.70. The molecule has 0 aliphatic rings. The van der Waals surface area contributed by atoms with Gasteiger partial charge in [0.1, 0.15) is 16.6 Å². The third-order valence-electron chi connectivity index (χ3n) is 6.06. The van der Waals surface area contributed by atoms with Crippen LogP contribution in [0.1, 0.15) is 23.2 Å². The number of benzene rings is 2. The molecular weight excluding hydrogens is 505 g/mol. The molecule has 7 nitrogen and oxygen atoms in total. The number of nitrogens with one attached hydrogen (secondary N) is 1. The van der Waals surface area contributed by atoms with E-state index in [2.05, 4.69) is 10.3 Å². The van der Waals surface area contributed by atoms with Crippen molar-refractivity contribution in [1.82, 2.24) is 19.4 Å². The summed E-state index contributed by atoms with van der Waals surface area (Å²) in [5, 5.41) is 5.87. The SMILES string of the molecule is COc1cccc(-c2c(C)n(Cc3c(F)cccc3F)c(=O)n(C[C@@H](C)NCc3nccs3)c2=O)c1F. The van der Waals surface area contributed by atoms with Crippen LogP contribution in [0.4, 0.5) is 13.2 Å². The average molecular weight is 531 g/mol. The minimum atomic E-state index is -0.836. The summed E-state index contributed by atoms with van der Waals surface area (Å²) in [5.74, 6) is -2.54. The Labute approximate surface area is 214 Å². The van der Waals surface area contributed by atoms with E-state index in [0.717, 1.165) is 26.3 Å². The minimum absolute atomic E-state index is 0.0678. The molecule has 37 heavy (non-hydrogen) atoms. The highest BCUT2D eigenvalue weighted by Gasteiger charge is 2.24. The number of ether oxygens (including phenoxy) is 1. The van der Waals surface area contributed by atoms with Crippen LogP contribution in [0.2, 0.25) is 0 Å². The molecule has 4 aromatic rings. The van der Waals surface area contributed by atoms with Gasteiger partial charge in [0.2, 0.25) is 0 Å². The summed E-state index contributed by atoms with van der Waals surface area (Å²) in [6, 6.07) is 7.35. The molecule has 0 unspecified atom stereocenters. The maximum absolute atomic E-state index is 15.3. The first kappa shape index (κ1) is 26.4. The Balaban J connectivity index is 1.86. The van der Waals surface area contributed by atoms with Crippen LogP contribution >= 0.6 is 11.3 Å². The second kappa shape index (κ2) is 11.1. The maximum Gasteiger partial charge on any atom is 0.331 e. The van der Waals surface area contributed by atoms with Gasteiger partial charge >= 0.3 is 5.69 Å². The highest BCUT2D eigenvalue weighted by Crippen LogP contribution is 2.29. The van der Waals surface area contributed by atoms with Crippen LogP contribution < -0.4 is 21.3 Å². The van der Waals surface area contributed by atoms with Gasteiger partial charge in [-0.3, -0.25) is 13.9 Å². The molecule has 2 aromatic heterocycles. The average Bonchev–Trinajstić information content (AvgIpc) is 3.39. The number of halogens is 3. The van der Waals surface area contributed by atoms with Gasteiger partial charge in [-0.25, -0.2) is 22.9 Å². The van der Waals surface area contributed by atoms with Gasteiger partial charge in [-0.2, -0.15) is 0 Å². The molecule has 0 spiro atoms. The van der Waals surface area contributed by atoms with Gasteiger partial charge in [-0.15, -0.1) is 11.3 Å². The monoisotopic (exact) mass is 530 g/mol.